The van der Waals surface area contributed by atoms with Crippen molar-refractivity contribution in [3.05, 3.63) is 29.3 Å². The van der Waals surface area contributed by atoms with Crippen LogP contribution in [0.25, 0.3) is 0 Å². The van der Waals surface area contributed by atoms with Gasteiger partial charge in [0, 0.05) is 31.3 Å². The SMILES string of the molecule is Cl.Cl.O=C([C@@H]1C[C@H](N2CCC(c3ccc4c(c3)CCO4)CC2)CN1)N1CCSC1. The fourth-order valence-electron chi connectivity index (χ4n) is 5.05. The van der Waals surface area contributed by atoms with E-state index in [-0.39, 0.29) is 30.9 Å². The molecule has 3 saturated heterocycles. The number of nitrogens with one attached hydrogen (secondary N) is 1. The van der Waals surface area contributed by atoms with Crippen LogP contribution in [0, 0.1) is 0 Å². The van der Waals surface area contributed by atoms with E-state index in [1.165, 1.54) is 24.0 Å². The Balaban J connectivity index is 0.00000120. The topological polar surface area (TPSA) is 44.8 Å². The monoisotopic (exact) mass is 459 g/mol. The van der Waals surface area contributed by atoms with Crippen molar-refractivity contribution in [1.29, 1.82) is 0 Å². The molecular formula is C21H31Cl2N3O2S. The number of halogens is 2. The van der Waals surface area contributed by atoms with Crippen LogP contribution in [0.3, 0.4) is 0 Å². The lowest BCUT2D eigenvalue weighted by atomic mass is 9.87. The van der Waals surface area contributed by atoms with Crippen molar-refractivity contribution in [2.45, 2.75) is 43.7 Å². The molecule has 1 aromatic carbocycles. The number of rotatable bonds is 3. The maximum atomic E-state index is 12.6. The second-order valence-corrected chi connectivity index (χ2v) is 9.34. The highest BCUT2D eigenvalue weighted by Crippen LogP contribution is 2.34. The molecule has 29 heavy (non-hydrogen) atoms. The summed E-state index contributed by atoms with van der Waals surface area (Å²) in [6, 6.07) is 7.36. The number of likely N-dealkylation sites (tertiary alicyclic amines) is 1. The average Bonchev–Trinajstić information content (AvgIpc) is 3.48. The van der Waals surface area contributed by atoms with Crippen LogP contribution >= 0.6 is 36.6 Å². The number of hydrogen-bond donors (Lipinski definition) is 1. The maximum absolute atomic E-state index is 12.6. The summed E-state index contributed by atoms with van der Waals surface area (Å²) in [5, 5.41) is 3.50. The molecule has 162 valence electrons. The second kappa shape index (κ2) is 10.1. The molecule has 4 aliphatic heterocycles. The molecule has 0 spiro atoms. The Morgan fingerprint density at radius 3 is 2.76 bits per heavy atom. The Morgan fingerprint density at radius 1 is 1.17 bits per heavy atom. The lowest BCUT2D eigenvalue weighted by Crippen LogP contribution is -2.42. The van der Waals surface area contributed by atoms with Crippen LogP contribution in [-0.4, -0.2) is 72.2 Å². The summed E-state index contributed by atoms with van der Waals surface area (Å²) in [5.41, 5.74) is 2.87. The molecular weight excluding hydrogens is 429 g/mol. The molecule has 0 aromatic heterocycles. The highest BCUT2D eigenvalue weighted by atomic mass is 35.5. The van der Waals surface area contributed by atoms with Gasteiger partial charge < -0.3 is 15.0 Å². The van der Waals surface area contributed by atoms with Gasteiger partial charge in [0.15, 0.2) is 0 Å². The lowest BCUT2D eigenvalue weighted by molar-refractivity contribution is -0.131. The van der Waals surface area contributed by atoms with Crippen LogP contribution in [-0.2, 0) is 11.2 Å². The predicted molar refractivity (Wildman–Crippen MR) is 123 cm³/mol. The zero-order valence-electron chi connectivity index (χ0n) is 16.7. The number of fused-ring (bicyclic) bond motifs is 1. The third kappa shape index (κ3) is 4.82. The maximum Gasteiger partial charge on any atom is 0.240 e. The van der Waals surface area contributed by atoms with E-state index in [4.69, 9.17) is 4.74 Å². The average molecular weight is 460 g/mol. The summed E-state index contributed by atoms with van der Waals surface area (Å²) in [4.78, 5) is 17.3. The van der Waals surface area contributed by atoms with Gasteiger partial charge in [-0.25, -0.2) is 0 Å². The summed E-state index contributed by atoms with van der Waals surface area (Å²) in [5.74, 6) is 4.03. The normalized spacial score (nSPS) is 27.1. The van der Waals surface area contributed by atoms with Gasteiger partial charge in [-0.2, -0.15) is 0 Å². The number of carbonyl (C=O) groups is 1. The minimum Gasteiger partial charge on any atom is -0.493 e. The molecule has 4 aliphatic rings. The molecule has 5 rings (SSSR count). The zero-order chi connectivity index (χ0) is 18.2. The largest absolute Gasteiger partial charge is 0.493 e. The van der Waals surface area contributed by atoms with E-state index in [0.29, 0.717) is 17.9 Å². The van der Waals surface area contributed by atoms with Crippen LogP contribution in [0.1, 0.15) is 36.3 Å². The first kappa shape index (κ1) is 23.0. The van der Waals surface area contributed by atoms with Gasteiger partial charge in [0.2, 0.25) is 5.91 Å². The van der Waals surface area contributed by atoms with Gasteiger partial charge in [-0.3, -0.25) is 9.69 Å². The van der Waals surface area contributed by atoms with Crippen molar-refractivity contribution >= 4 is 42.5 Å². The molecule has 1 amide bonds. The molecule has 2 atom stereocenters. The number of hydrogen-bond acceptors (Lipinski definition) is 5. The molecule has 0 bridgehead atoms. The Labute approximate surface area is 190 Å². The van der Waals surface area contributed by atoms with Crippen molar-refractivity contribution in [3.63, 3.8) is 0 Å². The Hall–Kier alpha value is -0.660. The van der Waals surface area contributed by atoms with Crippen LogP contribution in [0.5, 0.6) is 5.75 Å². The number of ether oxygens (including phenoxy) is 1. The minimum absolute atomic E-state index is 0. The van der Waals surface area contributed by atoms with Gasteiger partial charge in [0.1, 0.15) is 5.75 Å². The van der Waals surface area contributed by atoms with Crippen molar-refractivity contribution in [3.8, 4) is 5.75 Å². The van der Waals surface area contributed by atoms with E-state index in [1.54, 1.807) is 0 Å². The summed E-state index contributed by atoms with van der Waals surface area (Å²) < 4.78 is 5.64. The van der Waals surface area contributed by atoms with Crippen LogP contribution in [0.15, 0.2) is 18.2 Å². The molecule has 8 heteroatoms. The number of benzene rings is 1. The Morgan fingerprint density at radius 2 is 2.00 bits per heavy atom. The van der Waals surface area contributed by atoms with Crippen LogP contribution < -0.4 is 10.1 Å². The number of carbonyl (C=O) groups excluding carboxylic acids is 1. The lowest BCUT2D eigenvalue weighted by Gasteiger charge is -2.36. The number of piperidine rings is 1. The number of amides is 1. The first-order valence-electron chi connectivity index (χ1n) is 10.4. The standard InChI is InChI=1S/C21H29N3O2S.2ClH/c25-21(24-8-10-27-14-24)19-12-18(13-22-19)23-6-3-15(4-7-23)16-1-2-20-17(11-16)5-9-26-20;;/h1-2,11,15,18-19,22H,3-10,12-14H2;2*1H/t18-,19-;;/m0../s1. The summed E-state index contributed by atoms with van der Waals surface area (Å²) in [6.45, 7) is 5.00. The Kier molecular flexibility index (Phi) is 8.01. The molecule has 0 unspecified atom stereocenters. The summed E-state index contributed by atoms with van der Waals surface area (Å²) in [6.07, 6.45) is 4.47. The van der Waals surface area contributed by atoms with Gasteiger partial charge in [-0.15, -0.1) is 36.6 Å². The Bertz CT molecular complexity index is 709. The third-order valence-corrected chi connectivity index (χ3v) is 7.67. The zero-order valence-corrected chi connectivity index (χ0v) is 19.1. The van der Waals surface area contributed by atoms with Crippen LogP contribution in [0.2, 0.25) is 0 Å². The molecule has 3 fully saturated rings. The van der Waals surface area contributed by atoms with Crippen molar-refractivity contribution in [2.24, 2.45) is 0 Å². The van der Waals surface area contributed by atoms with Gasteiger partial charge in [-0.1, -0.05) is 12.1 Å². The van der Waals surface area contributed by atoms with Gasteiger partial charge >= 0.3 is 0 Å². The van der Waals surface area contributed by atoms with Gasteiger partial charge in [0.05, 0.1) is 18.5 Å². The van der Waals surface area contributed by atoms with Crippen molar-refractivity contribution in [2.75, 3.05) is 44.4 Å². The minimum atomic E-state index is 0. The highest BCUT2D eigenvalue weighted by molar-refractivity contribution is 7.99. The highest BCUT2D eigenvalue weighted by Gasteiger charge is 2.37. The smallest absolute Gasteiger partial charge is 0.240 e. The number of nitrogens with zero attached hydrogens (tertiary/aromatic N) is 2. The molecule has 1 aromatic rings. The van der Waals surface area contributed by atoms with Crippen molar-refractivity contribution < 1.29 is 9.53 Å². The van der Waals surface area contributed by atoms with Gasteiger partial charge in [-0.05, 0) is 55.5 Å². The van der Waals surface area contributed by atoms with E-state index < -0.39 is 0 Å². The van der Waals surface area contributed by atoms with E-state index in [2.05, 4.69) is 28.4 Å². The van der Waals surface area contributed by atoms with E-state index in [0.717, 1.165) is 63.0 Å². The second-order valence-electron chi connectivity index (χ2n) is 8.27. The molecule has 5 nitrogen and oxygen atoms in total. The van der Waals surface area contributed by atoms with E-state index in [1.807, 2.05) is 16.7 Å². The predicted octanol–water partition coefficient (Wildman–Crippen LogP) is 2.91. The summed E-state index contributed by atoms with van der Waals surface area (Å²) in [7, 11) is 0. The quantitative estimate of drug-likeness (QED) is 0.752. The number of thioether (sulfide) groups is 1. The fraction of sp³-hybridized carbons (Fsp3) is 0.667. The first-order valence-corrected chi connectivity index (χ1v) is 11.5. The summed E-state index contributed by atoms with van der Waals surface area (Å²) >= 11 is 1.86. The van der Waals surface area contributed by atoms with E-state index >= 15 is 0 Å². The molecule has 0 saturated carbocycles. The molecule has 4 heterocycles. The molecule has 1 N–H and O–H groups in total. The molecule has 0 radical (unpaired) electrons. The van der Waals surface area contributed by atoms with Crippen LogP contribution in [0.4, 0.5) is 0 Å². The van der Waals surface area contributed by atoms with Crippen molar-refractivity contribution in [1.82, 2.24) is 15.1 Å². The fourth-order valence-corrected chi connectivity index (χ4v) is 6.01. The first-order chi connectivity index (χ1) is 13.3. The molecule has 0 aliphatic carbocycles. The van der Waals surface area contributed by atoms with Gasteiger partial charge in [0.25, 0.3) is 0 Å². The van der Waals surface area contributed by atoms with E-state index in [9.17, 15) is 4.79 Å². The third-order valence-electron chi connectivity index (χ3n) is 6.70.